The highest BCUT2D eigenvalue weighted by Crippen LogP contribution is 2.70. The summed E-state index contributed by atoms with van der Waals surface area (Å²) in [5.41, 5.74) is 1.54. The Labute approximate surface area is 175 Å². The maximum atomic E-state index is 13.8. The minimum atomic E-state index is -0.211. The third-order valence-electron chi connectivity index (χ3n) is 8.34. The van der Waals surface area contributed by atoms with E-state index in [1.54, 1.807) is 0 Å². The molecule has 4 saturated carbocycles. The molecule has 4 heteroatoms. The summed E-state index contributed by atoms with van der Waals surface area (Å²) in [6, 6.07) is 11.4. The van der Waals surface area contributed by atoms with Gasteiger partial charge >= 0.3 is 0 Å². The van der Waals surface area contributed by atoms with E-state index in [4.69, 9.17) is 4.74 Å². The zero-order valence-electron chi connectivity index (χ0n) is 17.8. The first-order valence-corrected chi connectivity index (χ1v) is 11.7. The number of benzene rings is 1. The van der Waals surface area contributed by atoms with E-state index in [2.05, 4.69) is 47.9 Å². The Morgan fingerprint density at radius 3 is 2.66 bits per heavy atom. The van der Waals surface area contributed by atoms with Gasteiger partial charge in [0.2, 0.25) is 5.91 Å². The molecule has 1 heterocycles. The summed E-state index contributed by atoms with van der Waals surface area (Å²) in [4.78, 5) is 13.8. The van der Waals surface area contributed by atoms with Crippen LogP contribution in [0.3, 0.4) is 0 Å². The molecule has 1 aromatic rings. The van der Waals surface area contributed by atoms with Crippen LogP contribution in [-0.4, -0.2) is 38.3 Å². The van der Waals surface area contributed by atoms with Gasteiger partial charge in [0.15, 0.2) is 0 Å². The Morgan fingerprint density at radius 1 is 1.10 bits per heavy atom. The predicted molar refractivity (Wildman–Crippen MR) is 115 cm³/mol. The van der Waals surface area contributed by atoms with Crippen LogP contribution in [0.4, 0.5) is 0 Å². The largest absolute Gasteiger partial charge is 0.381 e. The van der Waals surface area contributed by atoms with Crippen LogP contribution >= 0.6 is 0 Å². The summed E-state index contributed by atoms with van der Waals surface area (Å²) in [7, 11) is 0. The van der Waals surface area contributed by atoms with Crippen molar-refractivity contribution in [2.24, 2.45) is 16.7 Å². The van der Waals surface area contributed by atoms with Crippen LogP contribution in [0, 0.1) is 16.7 Å². The smallest absolute Gasteiger partial charge is 0.226 e. The molecule has 2 N–H and O–H groups in total. The molecule has 5 aliphatic rings. The van der Waals surface area contributed by atoms with Crippen LogP contribution in [0.5, 0.6) is 0 Å². The average Bonchev–Trinajstić information content (AvgIpc) is 2.73. The van der Waals surface area contributed by atoms with Crippen LogP contribution in [0.25, 0.3) is 0 Å². The molecule has 0 aromatic heterocycles. The molecule has 4 bridgehead atoms. The molecule has 4 nitrogen and oxygen atoms in total. The lowest BCUT2D eigenvalue weighted by molar-refractivity contribution is -0.172. The second-order valence-electron chi connectivity index (χ2n) is 10.6. The normalized spacial score (nSPS) is 38.9. The number of nitrogens with one attached hydrogen (secondary N) is 2. The minimum Gasteiger partial charge on any atom is -0.381 e. The summed E-state index contributed by atoms with van der Waals surface area (Å²) in [5.74, 6) is 0.986. The van der Waals surface area contributed by atoms with Crippen molar-refractivity contribution in [2.45, 2.75) is 69.7 Å². The van der Waals surface area contributed by atoms with Crippen molar-refractivity contribution in [3.63, 3.8) is 0 Å². The highest BCUT2D eigenvalue weighted by Gasteiger charge is 2.66. The van der Waals surface area contributed by atoms with Crippen molar-refractivity contribution in [3.05, 3.63) is 35.9 Å². The Kier molecular flexibility index (Phi) is 4.98. The maximum Gasteiger partial charge on any atom is 0.226 e. The first-order chi connectivity index (χ1) is 14.1. The van der Waals surface area contributed by atoms with E-state index in [1.807, 2.05) is 0 Å². The number of hydrogen-bond acceptors (Lipinski definition) is 3. The second-order valence-corrected chi connectivity index (χ2v) is 10.6. The number of ether oxygens (including phenoxy) is 1. The van der Waals surface area contributed by atoms with E-state index in [-0.39, 0.29) is 16.2 Å². The molecule has 4 aliphatic carbocycles. The number of rotatable bonds is 6. The van der Waals surface area contributed by atoms with E-state index in [0.717, 1.165) is 58.4 Å². The van der Waals surface area contributed by atoms with Crippen molar-refractivity contribution in [2.75, 3.05) is 26.3 Å². The lowest BCUT2D eigenvalue weighted by Crippen LogP contribution is -2.64. The van der Waals surface area contributed by atoms with E-state index in [0.29, 0.717) is 17.9 Å². The van der Waals surface area contributed by atoms with Gasteiger partial charge in [-0.3, -0.25) is 4.79 Å². The summed E-state index contributed by atoms with van der Waals surface area (Å²) in [5, 5.41) is 6.91. The topological polar surface area (TPSA) is 50.4 Å². The van der Waals surface area contributed by atoms with Gasteiger partial charge in [0, 0.05) is 12.6 Å². The Hall–Kier alpha value is -1.39. The molecule has 0 spiro atoms. The molecule has 5 fully saturated rings. The molecule has 1 aliphatic heterocycles. The summed E-state index contributed by atoms with van der Waals surface area (Å²) in [6.45, 7) is 5.70. The number of carbonyl (C=O) groups excluding carboxylic acids is 1. The maximum absolute atomic E-state index is 13.8. The summed E-state index contributed by atoms with van der Waals surface area (Å²) >= 11 is 0. The molecule has 1 amide bonds. The minimum absolute atomic E-state index is 0.142. The van der Waals surface area contributed by atoms with E-state index in [9.17, 15) is 4.79 Å². The zero-order valence-corrected chi connectivity index (χ0v) is 17.8. The molecule has 6 rings (SSSR count). The van der Waals surface area contributed by atoms with Gasteiger partial charge in [0.1, 0.15) is 0 Å². The SMILES string of the molecule is CCOC[C@]12CC3CC(C(=O)NC4CCNCC4)(C1)C[C@@](c1ccccc1)(C3)C2. The molecular weight excluding hydrogens is 360 g/mol. The number of amides is 1. The number of hydrogen-bond donors (Lipinski definition) is 2. The Bertz CT molecular complexity index is 746. The Balaban J connectivity index is 1.48. The quantitative estimate of drug-likeness (QED) is 0.769. The summed E-state index contributed by atoms with van der Waals surface area (Å²) < 4.78 is 6.03. The summed E-state index contributed by atoms with van der Waals surface area (Å²) in [6.07, 6.45) is 8.89. The average molecular weight is 397 g/mol. The Morgan fingerprint density at radius 2 is 1.90 bits per heavy atom. The van der Waals surface area contributed by atoms with Crippen molar-refractivity contribution >= 4 is 5.91 Å². The first kappa shape index (κ1) is 19.6. The van der Waals surface area contributed by atoms with Crippen LogP contribution in [-0.2, 0) is 14.9 Å². The van der Waals surface area contributed by atoms with Crippen LogP contribution in [0.1, 0.15) is 63.9 Å². The second kappa shape index (κ2) is 7.39. The highest BCUT2D eigenvalue weighted by molar-refractivity contribution is 5.84. The first-order valence-electron chi connectivity index (χ1n) is 11.7. The van der Waals surface area contributed by atoms with Crippen LogP contribution in [0.2, 0.25) is 0 Å². The van der Waals surface area contributed by atoms with Gasteiger partial charge in [0.25, 0.3) is 0 Å². The van der Waals surface area contributed by atoms with Crippen LogP contribution in [0.15, 0.2) is 30.3 Å². The lowest BCUT2D eigenvalue weighted by atomic mass is 9.38. The van der Waals surface area contributed by atoms with Crippen molar-refractivity contribution < 1.29 is 9.53 Å². The fourth-order valence-electron chi connectivity index (χ4n) is 7.79. The molecule has 0 radical (unpaired) electrons. The molecule has 2 unspecified atom stereocenters. The fourth-order valence-corrected chi connectivity index (χ4v) is 7.79. The standard InChI is InChI=1S/C25H36N2O2/c1-2-29-18-23-12-19-13-24(15-23,20-6-4-3-5-7-20)17-25(14-19,16-23)22(28)27-21-8-10-26-11-9-21/h3-7,19,21,26H,2,8-18H2,1H3,(H,27,28)/t19?,23-,24+,25?/m0/s1. The highest BCUT2D eigenvalue weighted by atomic mass is 16.5. The molecule has 4 atom stereocenters. The van der Waals surface area contributed by atoms with Gasteiger partial charge < -0.3 is 15.4 Å². The molecular formula is C25H36N2O2. The monoisotopic (exact) mass is 396 g/mol. The molecule has 158 valence electrons. The van der Waals surface area contributed by atoms with Gasteiger partial charge in [-0.2, -0.15) is 0 Å². The van der Waals surface area contributed by atoms with Crippen molar-refractivity contribution in [3.8, 4) is 0 Å². The fraction of sp³-hybridized carbons (Fsp3) is 0.720. The van der Waals surface area contributed by atoms with Crippen LogP contribution < -0.4 is 10.6 Å². The molecule has 29 heavy (non-hydrogen) atoms. The van der Waals surface area contributed by atoms with Crippen molar-refractivity contribution in [1.82, 2.24) is 10.6 Å². The van der Waals surface area contributed by atoms with Gasteiger partial charge in [-0.15, -0.1) is 0 Å². The number of carbonyl (C=O) groups is 1. The van der Waals surface area contributed by atoms with E-state index in [1.165, 1.54) is 24.8 Å². The van der Waals surface area contributed by atoms with Gasteiger partial charge in [0.05, 0.1) is 12.0 Å². The number of piperidine rings is 1. The van der Waals surface area contributed by atoms with E-state index < -0.39 is 0 Å². The van der Waals surface area contributed by atoms with E-state index >= 15 is 0 Å². The zero-order chi connectivity index (χ0) is 20.0. The molecule has 1 aromatic carbocycles. The third-order valence-corrected chi connectivity index (χ3v) is 8.34. The van der Waals surface area contributed by atoms with Crippen molar-refractivity contribution in [1.29, 1.82) is 0 Å². The van der Waals surface area contributed by atoms with Gasteiger partial charge in [-0.1, -0.05) is 30.3 Å². The van der Waals surface area contributed by atoms with Gasteiger partial charge in [-0.25, -0.2) is 0 Å². The third kappa shape index (κ3) is 3.42. The molecule has 1 saturated heterocycles. The van der Waals surface area contributed by atoms with Gasteiger partial charge in [-0.05, 0) is 93.7 Å². The predicted octanol–water partition coefficient (Wildman–Crippen LogP) is 3.80. The lowest BCUT2D eigenvalue weighted by Gasteiger charge is -2.66.